The molecule has 0 fully saturated rings. The molecule has 176 valence electrons. The largest absolute Gasteiger partial charge is 0.354 e. The maximum Gasteiger partial charge on any atom is 0.0711 e. The van der Waals surface area contributed by atoms with Gasteiger partial charge in [0.05, 0.1) is 11.4 Å². The molecule has 5 aromatic rings. The van der Waals surface area contributed by atoms with Crippen molar-refractivity contribution in [2.24, 2.45) is 0 Å². The smallest absolute Gasteiger partial charge is 0.0711 e. The molecule has 0 saturated heterocycles. The summed E-state index contributed by atoms with van der Waals surface area (Å²) in [6.45, 7) is 0. The Morgan fingerprint density at radius 1 is 0.514 bits per heavy atom. The monoisotopic (exact) mass is 474 g/mol. The van der Waals surface area contributed by atoms with Gasteiger partial charge in [-0.3, -0.25) is 5.41 Å². The van der Waals surface area contributed by atoms with E-state index in [1.807, 2.05) is 42.5 Å². The van der Waals surface area contributed by atoms with Crippen molar-refractivity contribution >= 4 is 28.8 Å². The van der Waals surface area contributed by atoms with Gasteiger partial charge >= 0.3 is 0 Å². The molecule has 0 bridgehead atoms. The van der Waals surface area contributed by atoms with Crippen LogP contribution in [-0.4, -0.2) is 5.71 Å². The van der Waals surface area contributed by atoms with E-state index in [0.717, 1.165) is 55.9 Å². The van der Waals surface area contributed by atoms with Crippen LogP contribution in [0.2, 0.25) is 0 Å². The van der Waals surface area contributed by atoms with Crippen LogP contribution in [-0.2, 0) is 0 Å². The van der Waals surface area contributed by atoms with E-state index < -0.39 is 0 Å². The molecule has 0 unspecified atom stereocenters. The summed E-state index contributed by atoms with van der Waals surface area (Å²) in [4.78, 5) is 0. The maximum absolute atomic E-state index is 9.43. The zero-order valence-corrected chi connectivity index (χ0v) is 20.4. The third-order valence-corrected chi connectivity index (χ3v) is 6.70. The molecular formula is C35H26N2. The fourth-order valence-electron chi connectivity index (χ4n) is 4.86. The Labute approximate surface area is 217 Å². The zero-order valence-electron chi connectivity index (χ0n) is 20.4. The van der Waals surface area contributed by atoms with Crippen molar-refractivity contribution in [1.82, 2.24) is 5.32 Å². The lowest BCUT2D eigenvalue weighted by Crippen LogP contribution is -2.20. The molecule has 2 heteroatoms. The van der Waals surface area contributed by atoms with Crippen molar-refractivity contribution in [2.75, 3.05) is 0 Å². The van der Waals surface area contributed by atoms with E-state index in [1.54, 1.807) is 0 Å². The van der Waals surface area contributed by atoms with Gasteiger partial charge in [-0.2, -0.15) is 0 Å². The summed E-state index contributed by atoms with van der Waals surface area (Å²) >= 11 is 0. The molecule has 2 N–H and O–H groups in total. The molecule has 0 aromatic heterocycles. The molecule has 0 radical (unpaired) electrons. The second kappa shape index (κ2) is 9.96. The minimum absolute atomic E-state index is 0.484. The van der Waals surface area contributed by atoms with E-state index in [1.165, 1.54) is 0 Å². The molecule has 6 rings (SSSR count). The quantitative estimate of drug-likeness (QED) is 0.247. The van der Waals surface area contributed by atoms with Crippen LogP contribution in [0.3, 0.4) is 0 Å². The average molecular weight is 475 g/mol. The number of allylic oxidation sites excluding steroid dienone is 1. The molecule has 0 atom stereocenters. The summed E-state index contributed by atoms with van der Waals surface area (Å²) in [5.41, 5.74) is 10.8. The molecule has 5 aromatic carbocycles. The van der Waals surface area contributed by atoms with E-state index in [4.69, 9.17) is 0 Å². The van der Waals surface area contributed by atoms with Gasteiger partial charge in [-0.05, 0) is 40.0 Å². The van der Waals surface area contributed by atoms with E-state index >= 15 is 0 Å². The van der Waals surface area contributed by atoms with Gasteiger partial charge in [0.2, 0.25) is 0 Å². The topological polar surface area (TPSA) is 35.9 Å². The SMILES string of the molecule is N=C(/C(=C1\NC(c2ccccc2)=Cc2ccccc21)c1cccc(-c2ccccc2)c1)c1ccccc1. The van der Waals surface area contributed by atoms with Crippen molar-refractivity contribution in [3.8, 4) is 11.1 Å². The third kappa shape index (κ3) is 4.53. The Balaban J connectivity index is 1.60. The third-order valence-electron chi connectivity index (χ3n) is 6.70. The Morgan fingerprint density at radius 2 is 1.08 bits per heavy atom. The second-order valence-electron chi connectivity index (χ2n) is 9.07. The summed E-state index contributed by atoms with van der Waals surface area (Å²) in [6, 6.07) is 47.7. The molecule has 1 aliphatic rings. The summed E-state index contributed by atoms with van der Waals surface area (Å²) in [5, 5.41) is 13.2. The van der Waals surface area contributed by atoms with Crippen molar-refractivity contribution in [3.05, 3.63) is 167 Å². The van der Waals surface area contributed by atoms with E-state index in [0.29, 0.717) is 5.71 Å². The van der Waals surface area contributed by atoms with Crippen LogP contribution in [0.15, 0.2) is 140 Å². The van der Waals surface area contributed by atoms with Gasteiger partial charge in [0, 0.05) is 22.4 Å². The van der Waals surface area contributed by atoms with Crippen LogP contribution >= 0.6 is 0 Å². The minimum atomic E-state index is 0.484. The number of fused-ring (bicyclic) bond motifs is 1. The van der Waals surface area contributed by atoms with E-state index in [2.05, 4.69) is 108 Å². The minimum Gasteiger partial charge on any atom is -0.354 e. The van der Waals surface area contributed by atoms with Gasteiger partial charge in [-0.25, -0.2) is 0 Å². The Bertz CT molecular complexity index is 1630. The fraction of sp³-hybridized carbons (Fsp3) is 0. The number of hydrogen-bond donors (Lipinski definition) is 2. The highest BCUT2D eigenvalue weighted by Gasteiger charge is 2.23. The van der Waals surface area contributed by atoms with Crippen LogP contribution in [0.4, 0.5) is 0 Å². The Morgan fingerprint density at radius 3 is 1.81 bits per heavy atom. The first-order chi connectivity index (χ1) is 18.3. The highest BCUT2D eigenvalue weighted by Crippen LogP contribution is 2.37. The van der Waals surface area contributed by atoms with Crippen molar-refractivity contribution in [2.45, 2.75) is 0 Å². The number of nitrogens with one attached hydrogen (secondary N) is 2. The standard InChI is InChI=1S/C35H26N2/c36-34(27-17-8-3-9-18-27)33(30-21-12-20-28(23-30)25-13-4-1-5-14-25)35-31-22-11-10-19-29(31)24-32(37-35)26-15-6-2-7-16-26/h1-24,36-37H/b35-33-,36-34?. The lowest BCUT2D eigenvalue weighted by atomic mass is 9.87. The van der Waals surface area contributed by atoms with Crippen molar-refractivity contribution in [3.63, 3.8) is 0 Å². The first kappa shape index (κ1) is 22.5. The first-order valence-corrected chi connectivity index (χ1v) is 12.5. The number of hydrogen-bond acceptors (Lipinski definition) is 2. The van der Waals surface area contributed by atoms with E-state index in [9.17, 15) is 5.41 Å². The van der Waals surface area contributed by atoms with Gasteiger partial charge in [0.1, 0.15) is 0 Å². The van der Waals surface area contributed by atoms with Gasteiger partial charge in [0.15, 0.2) is 0 Å². The van der Waals surface area contributed by atoms with Crippen molar-refractivity contribution in [1.29, 1.82) is 5.41 Å². The van der Waals surface area contributed by atoms with Gasteiger partial charge < -0.3 is 5.32 Å². The Kier molecular flexibility index (Phi) is 6.06. The van der Waals surface area contributed by atoms with Gasteiger partial charge in [-0.1, -0.05) is 133 Å². The highest BCUT2D eigenvalue weighted by atomic mass is 14.9. The van der Waals surface area contributed by atoms with Crippen LogP contribution in [0.1, 0.15) is 27.8 Å². The molecule has 37 heavy (non-hydrogen) atoms. The zero-order chi connectivity index (χ0) is 25.0. The van der Waals surface area contributed by atoms with Crippen molar-refractivity contribution < 1.29 is 0 Å². The van der Waals surface area contributed by atoms with E-state index in [-0.39, 0.29) is 0 Å². The summed E-state index contributed by atoms with van der Waals surface area (Å²) in [5.74, 6) is 0. The normalized spacial score (nSPS) is 13.7. The van der Waals surface area contributed by atoms with Crippen LogP contribution in [0.25, 0.3) is 34.2 Å². The summed E-state index contributed by atoms with van der Waals surface area (Å²) in [6.07, 6.45) is 2.19. The molecular weight excluding hydrogens is 448 g/mol. The molecule has 0 spiro atoms. The molecule has 0 amide bonds. The summed E-state index contributed by atoms with van der Waals surface area (Å²) in [7, 11) is 0. The maximum atomic E-state index is 9.43. The number of benzene rings is 5. The lowest BCUT2D eigenvalue weighted by molar-refractivity contribution is 1.22. The molecule has 1 aliphatic heterocycles. The highest BCUT2D eigenvalue weighted by molar-refractivity contribution is 6.36. The van der Waals surface area contributed by atoms with Gasteiger partial charge in [-0.15, -0.1) is 0 Å². The first-order valence-electron chi connectivity index (χ1n) is 12.5. The summed E-state index contributed by atoms with van der Waals surface area (Å²) < 4.78 is 0. The predicted molar refractivity (Wildman–Crippen MR) is 156 cm³/mol. The van der Waals surface area contributed by atoms with Crippen LogP contribution in [0, 0.1) is 5.41 Å². The second-order valence-corrected chi connectivity index (χ2v) is 9.07. The molecule has 0 saturated carbocycles. The molecule has 1 heterocycles. The predicted octanol–water partition coefficient (Wildman–Crippen LogP) is 8.39. The molecule has 0 aliphatic carbocycles. The fourth-order valence-corrected chi connectivity index (χ4v) is 4.86. The average Bonchev–Trinajstić information content (AvgIpc) is 2.98. The van der Waals surface area contributed by atoms with Crippen LogP contribution < -0.4 is 5.32 Å². The molecule has 2 nitrogen and oxygen atoms in total. The van der Waals surface area contributed by atoms with Crippen LogP contribution in [0.5, 0.6) is 0 Å². The number of rotatable bonds is 5. The lowest BCUT2D eigenvalue weighted by Gasteiger charge is -2.26. The van der Waals surface area contributed by atoms with Gasteiger partial charge in [0.25, 0.3) is 0 Å². The Hall–Kier alpha value is -4.95.